The van der Waals surface area contributed by atoms with Gasteiger partial charge in [0.15, 0.2) is 0 Å². The van der Waals surface area contributed by atoms with Gasteiger partial charge in [-0.2, -0.15) is 5.10 Å². The molecule has 1 amide bonds. The van der Waals surface area contributed by atoms with Gasteiger partial charge in [-0.05, 0) is 37.3 Å². The number of carbonyl (C=O) groups is 1. The number of nitrogens with zero attached hydrogens (tertiary/aromatic N) is 2. The predicted molar refractivity (Wildman–Crippen MR) is 78.7 cm³/mol. The van der Waals surface area contributed by atoms with Crippen LogP contribution in [0.25, 0.3) is 6.08 Å². The zero-order valence-electron chi connectivity index (χ0n) is 10.9. The SMILES string of the molecule is CCn1nccc1C=CC(=O)Nc1cc(Cl)ccc1O. The van der Waals surface area contributed by atoms with Crippen molar-refractivity contribution in [3.63, 3.8) is 0 Å². The molecule has 2 aromatic rings. The minimum Gasteiger partial charge on any atom is -0.506 e. The van der Waals surface area contributed by atoms with E-state index in [1.807, 2.05) is 13.0 Å². The number of anilines is 1. The average molecular weight is 292 g/mol. The molecule has 0 spiro atoms. The first-order valence-corrected chi connectivity index (χ1v) is 6.47. The summed E-state index contributed by atoms with van der Waals surface area (Å²) in [6, 6.07) is 6.26. The minimum absolute atomic E-state index is 0.0326. The van der Waals surface area contributed by atoms with Crippen molar-refractivity contribution in [2.75, 3.05) is 5.32 Å². The maximum atomic E-state index is 11.8. The fourth-order valence-electron chi connectivity index (χ4n) is 1.69. The van der Waals surface area contributed by atoms with Gasteiger partial charge in [-0.15, -0.1) is 0 Å². The summed E-state index contributed by atoms with van der Waals surface area (Å²) in [4.78, 5) is 11.8. The second kappa shape index (κ2) is 6.25. The quantitative estimate of drug-likeness (QED) is 0.672. The molecule has 1 aromatic heterocycles. The van der Waals surface area contributed by atoms with E-state index in [1.165, 1.54) is 18.2 Å². The van der Waals surface area contributed by atoms with Gasteiger partial charge >= 0.3 is 0 Å². The lowest BCUT2D eigenvalue weighted by molar-refractivity contribution is -0.111. The van der Waals surface area contributed by atoms with Gasteiger partial charge in [-0.25, -0.2) is 0 Å². The number of benzene rings is 1. The van der Waals surface area contributed by atoms with E-state index >= 15 is 0 Å². The molecule has 5 nitrogen and oxygen atoms in total. The number of hydrogen-bond donors (Lipinski definition) is 2. The molecule has 0 aliphatic rings. The van der Waals surface area contributed by atoms with Gasteiger partial charge in [-0.3, -0.25) is 9.48 Å². The molecule has 0 saturated heterocycles. The maximum Gasteiger partial charge on any atom is 0.248 e. The smallest absolute Gasteiger partial charge is 0.248 e. The molecule has 1 aromatic carbocycles. The lowest BCUT2D eigenvalue weighted by atomic mass is 10.3. The molecule has 0 atom stereocenters. The summed E-state index contributed by atoms with van der Waals surface area (Å²) in [5, 5.41) is 16.7. The molecule has 0 saturated carbocycles. The minimum atomic E-state index is -0.355. The number of aryl methyl sites for hydroxylation is 1. The Kier molecular flexibility index (Phi) is 4.42. The molecule has 0 unspecified atom stereocenters. The van der Waals surface area contributed by atoms with Crippen molar-refractivity contribution in [3.8, 4) is 5.75 Å². The van der Waals surface area contributed by atoms with Gasteiger partial charge in [-0.1, -0.05) is 11.6 Å². The number of halogens is 1. The highest BCUT2D eigenvalue weighted by atomic mass is 35.5. The second-order valence-corrected chi connectivity index (χ2v) is 4.49. The number of hydrogen-bond acceptors (Lipinski definition) is 3. The van der Waals surface area contributed by atoms with Crippen molar-refractivity contribution in [1.29, 1.82) is 0 Å². The Hall–Kier alpha value is -2.27. The van der Waals surface area contributed by atoms with Gasteiger partial charge in [0.1, 0.15) is 5.75 Å². The summed E-state index contributed by atoms with van der Waals surface area (Å²) in [5.41, 5.74) is 1.11. The number of nitrogens with one attached hydrogen (secondary N) is 1. The van der Waals surface area contributed by atoms with E-state index in [4.69, 9.17) is 11.6 Å². The van der Waals surface area contributed by atoms with E-state index in [2.05, 4.69) is 10.4 Å². The zero-order valence-corrected chi connectivity index (χ0v) is 11.6. The third-order valence-electron chi connectivity index (χ3n) is 2.67. The third kappa shape index (κ3) is 3.39. The van der Waals surface area contributed by atoms with E-state index in [1.54, 1.807) is 23.0 Å². The number of aromatic nitrogens is 2. The van der Waals surface area contributed by atoms with Crippen LogP contribution in [0.1, 0.15) is 12.6 Å². The van der Waals surface area contributed by atoms with Crippen LogP contribution in [0.2, 0.25) is 5.02 Å². The molecule has 0 bridgehead atoms. The summed E-state index contributed by atoms with van der Waals surface area (Å²) in [6.07, 6.45) is 4.71. The maximum absolute atomic E-state index is 11.8. The number of phenols is 1. The van der Waals surface area contributed by atoms with Crippen molar-refractivity contribution < 1.29 is 9.90 Å². The number of aromatic hydroxyl groups is 1. The third-order valence-corrected chi connectivity index (χ3v) is 2.91. The number of rotatable bonds is 4. The molecular weight excluding hydrogens is 278 g/mol. The van der Waals surface area contributed by atoms with Crippen molar-refractivity contribution in [3.05, 3.63) is 47.3 Å². The fourth-order valence-corrected chi connectivity index (χ4v) is 1.86. The Bertz CT molecular complexity index is 650. The molecule has 2 rings (SSSR count). The molecule has 0 radical (unpaired) electrons. The van der Waals surface area contributed by atoms with Crippen LogP contribution in [0, 0.1) is 0 Å². The van der Waals surface area contributed by atoms with Gasteiger partial charge in [0, 0.05) is 23.8 Å². The summed E-state index contributed by atoms with van der Waals surface area (Å²) in [5.74, 6) is -0.388. The van der Waals surface area contributed by atoms with E-state index in [9.17, 15) is 9.90 Å². The van der Waals surface area contributed by atoms with Crippen LogP contribution in [0.4, 0.5) is 5.69 Å². The van der Waals surface area contributed by atoms with Gasteiger partial charge in [0.2, 0.25) is 5.91 Å². The summed E-state index contributed by atoms with van der Waals surface area (Å²) in [6.45, 7) is 2.69. The molecule has 0 aliphatic heterocycles. The van der Waals surface area contributed by atoms with E-state index in [0.717, 1.165) is 12.2 Å². The van der Waals surface area contributed by atoms with E-state index < -0.39 is 0 Å². The van der Waals surface area contributed by atoms with Crippen LogP contribution in [0.5, 0.6) is 5.75 Å². The van der Waals surface area contributed by atoms with Crippen molar-refractivity contribution in [2.45, 2.75) is 13.5 Å². The van der Waals surface area contributed by atoms with E-state index in [-0.39, 0.29) is 17.3 Å². The number of amides is 1. The molecule has 20 heavy (non-hydrogen) atoms. The Morgan fingerprint density at radius 2 is 2.30 bits per heavy atom. The largest absolute Gasteiger partial charge is 0.506 e. The molecule has 0 fully saturated rings. The topological polar surface area (TPSA) is 67.2 Å². The van der Waals surface area contributed by atoms with E-state index in [0.29, 0.717) is 5.02 Å². The Balaban J connectivity index is 2.07. The number of phenolic OH excluding ortho intramolecular Hbond substituents is 1. The first-order valence-electron chi connectivity index (χ1n) is 6.09. The fraction of sp³-hybridized carbons (Fsp3) is 0.143. The molecule has 2 N–H and O–H groups in total. The molecular formula is C14H14ClN3O2. The molecule has 1 heterocycles. The van der Waals surface area contributed by atoms with Gasteiger partial charge < -0.3 is 10.4 Å². The lowest BCUT2D eigenvalue weighted by Gasteiger charge is -2.05. The highest BCUT2D eigenvalue weighted by Gasteiger charge is 2.05. The van der Waals surface area contributed by atoms with Crippen molar-refractivity contribution in [2.24, 2.45) is 0 Å². The lowest BCUT2D eigenvalue weighted by Crippen LogP contribution is -2.08. The van der Waals surface area contributed by atoms with Crippen LogP contribution in [0.3, 0.4) is 0 Å². The first-order chi connectivity index (χ1) is 9.60. The monoisotopic (exact) mass is 291 g/mol. The molecule has 6 heteroatoms. The molecule has 104 valence electrons. The highest BCUT2D eigenvalue weighted by molar-refractivity contribution is 6.31. The normalized spacial score (nSPS) is 10.9. The summed E-state index contributed by atoms with van der Waals surface area (Å²) in [7, 11) is 0. The predicted octanol–water partition coefficient (Wildman–Crippen LogP) is 2.91. The molecule has 0 aliphatic carbocycles. The Labute approximate surface area is 121 Å². The van der Waals surface area contributed by atoms with Crippen molar-refractivity contribution >= 4 is 29.3 Å². The Morgan fingerprint density at radius 1 is 1.50 bits per heavy atom. The van der Waals surface area contributed by atoms with Crippen LogP contribution in [-0.2, 0) is 11.3 Å². The highest BCUT2D eigenvalue weighted by Crippen LogP contribution is 2.26. The van der Waals surface area contributed by atoms with Crippen LogP contribution in [0.15, 0.2) is 36.5 Å². The van der Waals surface area contributed by atoms with Crippen molar-refractivity contribution in [1.82, 2.24) is 9.78 Å². The average Bonchev–Trinajstić information content (AvgIpc) is 2.88. The van der Waals surface area contributed by atoms with Crippen LogP contribution >= 0.6 is 11.6 Å². The standard InChI is InChI=1S/C14H14ClN3O2/c1-2-18-11(7-8-16-18)4-6-14(20)17-12-9-10(15)3-5-13(12)19/h3-9,19H,2H2,1H3,(H,17,20). The van der Waals surface area contributed by atoms with Crippen LogP contribution in [-0.4, -0.2) is 20.8 Å². The van der Waals surface area contributed by atoms with Crippen LogP contribution < -0.4 is 5.32 Å². The second-order valence-electron chi connectivity index (χ2n) is 4.06. The first kappa shape index (κ1) is 14.1. The number of carbonyl (C=O) groups excluding carboxylic acids is 1. The Morgan fingerprint density at radius 3 is 3.05 bits per heavy atom. The zero-order chi connectivity index (χ0) is 14.5. The summed E-state index contributed by atoms with van der Waals surface area (Å²) < 4.78 is 1.76. The van der Waals surface area contributed by atoms with Gasteiger partial charge in [0.05, 0.1) is 11.4 Å². The van der Waals surface area contributed by atoms with Gasteiger partial charge in [0.25, 0.3) is 0 Å². The summed E-state index contributed by atoms with van der Waals surface area (Å²) >= 11 is 5.81.